The fourth-order valence-electron chi connectivity index (χ4n) is 3.42. The van der Waals surface area contributed by atoms with E-state index in [9.17, 15) is 4.79 Å². The molecule has 0 fully saturated rings. The largest absolute Gasteiger partial charge is 0.293 e. The number of benzene rings is 2. The maximum atomic E-state index is 13.4. The predicted octanol–water partition coefficient (Wildman–Crippen LogP) is 5.37. The molecule has 0 aliphatic carbocycles. The second-order valence-electron chi connectivity index (χ2n) is 7.34. The Morgan fingerprint density at radius 2 is 1.86 bits per heavy atom. The van der Waals surface area contributed by atoms with E-state index in [0.717, 1.165) is 27.9 Å². The van der Waals surface area contributed by atoms with Gasteiger partial charge in [-0.3, -0.25) is 4.79 Å². The van der Waals surface area contributed by atoms with E-state index in [1.165, 1.54) is 4.68 Å². The first-order valence-electron chi connectivity index (χ1n) is 9.35. The molecule has 0 atom stereocenters. The van der Waals surface area contributed by atoms with E-state index in [-0.39, 0.29) is 18.0 Å². The van der Waals surface area contributed by atoms with Gasteiger partial charge in [-0.05, 0) is 42.2 Å². The number of para-hydroxylation sites is 1. The van der Waals surface area contributed by atoms with E-state index in [1.54, 1.807) is 23.0 Å². The van der Waals surface area contributed by atoms with Crippen LogP contribution in [0.3, 0.4) is 0 Å². The van der Waals surface area contributed by atoms with Crippen LogP contribution in [0.4, 0.5) is 0 Å². The number of nitrogens with zero attached hydrogens (tertiary/aromatic N) is 4. The highest BCUT2D eigenvalue weighted by Crippen LogP contribution is 2.25. The van der Waals surface area contributed by atoms with Crippen LogP contribution in [0.2, 0.25) is 10.0 Å². The SMILES string of the molecule is Cc1ccccc1-n1ncc2c(C(C)C)nn(Cc3ccc(Cl)cc3Cl)c(=O)c21. The monoisotopic (exact) mass is 426 g/mol. The topological polar surface area (TPSA) is 52.7 Å². The zero-order valence-electron chi connectivity index (χ0n) is 16.4. The van der Waals surface area contributed by atoms with E-state index >= 15 is 0 Å². The van der Waals surface area contributed by atoms with Gasteiger partial charge in [-0.15, -0.1) is 0 Å². The molecular formula is C22H20Cl2N4O. The van der Waals surface area contributed by atoms with Gasteiger partial charge in [0.25, 0.3) is 5.56 Å². The van der Waals surface area contributed by atoms with Crippen LogP contribution in [0.25, 0.3) is 16.6 Å². The normalized spacial score (nSPS) is 11.5. The summed E-state index contributed by atoms with van der Waals surface area (Å²) in [6.45, 7) is 6.36. The van der Waals surface area contributed by atoms with E-state index < -0.39 is 0 Å². The van der Waals surface area contributed by atoms with Crippen LogP contribution >= 0.6 is 23.2 Å². The molecule has 0 aliphatic rings. The minimum atomic E-state index is -0.212. The molecule has 0 saturated heterocycles. The summed E-state index contributed by atoms with van der Waals surface area (Å²) in [6.07, 6.45) is 1.73. The third-order valence-electron chi connectivity index (χ3n) is 4.94. The van der Waals surface area contributed by atoms with Crippen molar-refractivity contribution < 1.29 is 0 Å². The van der Waals surface area contributed by atoms with Gasteiger partial charge in [0.05, 0.1) is 24.1 Å². The van der Waals surface area contributed by atoms with Crippen LogP contribution in [-0.2, 0) is 6.54 Å². The standard InChI is InChI=1S/C22H20Cl2N4O/c1-13(2)20-17-11-25-28(19-7-5-4-6-14(19)3)21(17)22(29)27(26-20)12-15-8-9-16(23)10-18(15)24/h4-11,13H,12H2,1-3H3. The molecule has 4 aromatic rings. The van der Waals surface area contributed by atoms with Crippen molar-refractivity contribution in [2.45, 2.75) is 33.2 Å². The molecular weight excluding hydrogens is 407 g/mol. The molecule has 0 bridgehead atoms. The minimum Gasteiger partial charge on any atom is -0.265 e. The summed E-state index contributed by atoms with van der Waals surface area (Å²) in [4.78, 5) is 13.4. The Morgan fingerprint density at radius 3 is 2.55 bits per heavy atom. The molecule has 0 aliphatic heterocycles. The summed E-state index contributed by atoms with van der Waals surface area (Å²) in [5.41, 5.74) is 3.81. The summed E-state index contributed by atoms with van der Waals surface area (Å²) in [5.74, 6) is 0.125. The Labute approximate surface area is 178 Å². The minimum absolute atomic E-state index is 0.125. The van der Waals surface area contributed by atoms with Crippen LogP contribution in [0, 0.1) is 6.92 Å². The molecule has 0 radical (unpaired) electrons. The van der Waals surface area contributed by atoms with Gasteiger partial charge < -0.3 is 0 Å². The van der Waals surface area contributed by atoms with Gasteiger partial charge in [-0.25, -0.2) is 9.36 Å². The molecule has 148 valence electrons. The van der Waals surface area contributed by atoms with Crippen molar-refractivity contribution >= 4 is 34.1 Å². The van der Waals surface area contributed by atoms with Crippen LogP contribution in [0.1, 0.15) is 36.6 Å². The second-order valence-corrected chi connectivity index (χ2v) is 8.19. The van der Waals surface area contributed by atoms with Crippen molar-refractivity contribution in [3.63, 3.8) is 0 Å². The fourth-order valence-corrected chi connectivity index (χ4v) is 3.89. The zero-order valence-corrected chi connectivity index (χ0v) is 17.9. The van der Waals surface area contributed by atoms with Crippen LogP contribution < -0.4 is 5.56 Å². The van der Waals surface area contributed by atoms with Gasteiger partial charge >= 0.3 is 0 Å². The Bertz CT molecular complexity index is 1270. The Morgan fingerprint density at radius 1 is 1.10 bits per heavy atom. The molecule has 29 heavy (non-hydrogen) atoms. The molecule has 4 rings (SSSR count). The molecule has 2 aromatic carbocycles. The first-order chi connectivity index (χ1) is 13.9. The number of fused-ring (bicyclic) bond motifs is 1. The molecule has 0 unspecified atom stereocenters. The van der Waals surface area contributed by atoms with Crippen molar-refractivity contribution in [1.29, 1.82) is 0 Å². The quantitative estimate of drug-likeness (QED) is 0.440. The van der Waals surface area contributed by atoms with Crippen molar-refractivity contribution in [2.24, 2.45) is 0 Å². The lowest BCUT2D eigenvalue weighted by Gasteiger charge is -2.13. The number of hydrogen-bond donors (Lipinski definition) is 0. The predicted molar refractivity (Wildman–Crippen MR) is 118 cm³/mol. The summed E-state index contributed by atoms with van der Waals surface area (Å²) >= 11 is 12.3. The Kier molecular flexibility index (Phi) is 5.19. The molecule has 0 saturated carbocycles. The number of hydrogen-bond acceptors (Lipinski definition) is 3. The molecule has 0 N–H and O–H groups in total. The fraction of sp³-hybridized carbons (Fsp3) is 0.227. The molecule has 0 amide bonds. The zero-order chi connectivity index (χ0) is 20.7. The van der Waals surface area contributed by atoms with E-state index in [2.05, 4.69) is 24.0 Å². The first-order valence-corrected chi connectivity index (χ1v) is 10.1. The highest BCUT2D eigenvalue weighted by molar-refractivity contribution is 6.35. The molecule has 5 nitrogen and oxygen atoms in total. The van der Waals surface area contributed by atoms with Crippen LogP contribution in [0.15, 0.2) is 53.5 Å². The highest BCUT2D eigenvalue weighted by Gasteiger charge is 2.20. The van der Waals surface area contributed by atoms with Crippen LogP contribution in [0.5, 0.6) is 0 Å². The van der Waals surface area contributed by atoms with E-state index in [1.807, 2.05) is 37.3 Å². The number of rotatable bonds is 4. The van der Waals surface area contributed by atoms with Crippen LogP contribution in [-0.4, -0.2) is 19.6 Å². The Balaban J connectivity index is 1.96. The van der Waals surface area contributed by atoms with Gasteiger partial charge in [-0.2, -0.15) is 10.2 Å². The maximum absolute atomic E-state index is 13.4. The van der Waals surface area contributed by atoms with E-state index in [4.69, 9.17) is 23.2 Å². The third-order valence-corrected chi connectivity index (χ3v) is 5.52. The van der Waals surface area contributed by atoms with E-state index in [0.29, 0.717) is 15.6 Å². The van der Waals surface area contributed by atoms with Crippen molar-refractivity contribution in [3.8, 4) is 5.69 Å². The van der Waals surface area contributed by atoms with Crippen molar-refractivity contribution in [1.82, 2.24) is 19.6 Å². The average molecular weight is 427 g/mol. The molecule has 2 aromatic heterocycles. The van der Waals surface area contributed by atoms with Crippen molar-refractivity contribution in [2.75, 3.05) is 0 Å². The third kappa shape index (κ3) is 3.56. The summed E-state index contributed by atoms with van der Waals surface area (Å²) < 4.78 is 3.17. The summed E-state index contributed by atoms with van der Waals surface area (Å²) in [7, 11) is 0. The maximum Gasteiger partial charge on any atom is 0.293 e. The lowest BCUT2D eigenvalue weighted by Crippen LogP contribution is -2.27. The molecule has 2 heterocycles. The molecule has 0 spiro atoms. The summed E-state index contributed by atoms with van der Waals surface area (Å²) in [5, 5.41) is 11.0. The smallest absolute Gasteiger partial charge is 0.265 e. The van der Waals surface area contributed by atoms with Crippen molar-refractivity contribution in [3.05, 3.63) is 85.9 Å². The first kappa shape index (κ1) is 19.7. The number of halogens is 2. The lowest BCUT2D eigenvalue weighted by atomic mass is 10.1. The summed E-state index contributed by atoms with van der Waals surface area (Å²) in [6, 6.07) is 13.1. The average Bonchev–Trinajstić information content (AvgIpc) is 3.11. The second kappa shape index (κ2) is 7.65. The number of aromatic nitrogens is 4. The van der Waals surface area contributed by atoms with Gasteiger partial charge in [0, 0.05) is 15.4 Å². The van der Waals surface area contributed by atoms with Gasteiger partial charge in [0.15, 0.2) is 0 Å². The highest BCUT2D eigenvalue weighted by atomic mass is 35.5. The Hall–Kier alpha value is -2.63. The number of aryl methyl sites for hydroxylation is 1. The molecule has 7 heteroatoms. The lowest BCUT2D eigenvalue weighted by molar-refractivity contribution is 0.612. The van der Waals surface area contributed by atoms with Gasteiger partial charge in [0.1, 0.15) is 5.52 Å². The van der Waals surface area contributed by atoms with Gasteiger partial charge in [-0.1, -0.05) is 61.3 Å². The van der Waals surface area contributed by atoms with Gasteiger partial charge in [0.2, 0.25) is 0 Å².